The van der Waals surface area contributed by atoms with Crippen LogP contribution in [-0.4, -0.2) is 8.05 Å². The van der Waals surface area contributed by atoms with Gasteiger partial charge in [-0.1, -0.05) is 58.7 Å². The Labute approximate surface area is 99.5 Å². The van der Waals surface area contributed by atoms with Gasteiger partial charge in [0.1, 0.15) is 0 Å². The van der Waals surface area contributed by atoms with E-state index in [1.165, 1.54) is 12.1 Å². The van der Waals surface area contributed by atoms with E-state index in [2.05, 4.69) is 0 Å². The Balaban J connectivity index is 3.02. The summed E-state index contributed by atoms with van der Waals surface area (Å²) in [5.74, 6) is 0. The molecule has 1 aromatic carbocycles. The van der Waals surface area contributed by atoms with Gasteiger partial charge in [0.25, 0.3) is 5.69 Å². The molecule has 0 amide bonds. The molecule has 7 heteroatoms. The summed E-state index contributed by atoms with van der Waals surface area (Å²) in [6, 6.07) is 6.09. The zero-order valence-electron chi connectivity index (χ0n) is 6.62. The van der Waals surface area contributed by atoms with Crippen LogP contribution in [0.4, 0.5) is 5.69 Å². The summed E-state index contributed by atoms with van der Waals surface area (Å²) in [6.07, 6.45) is 0. The molecule has 0 bridgehead atoms. The second kappa shape index (κ2) is 4.57. The lowest BCUT2D eigenvalue weighted by Crippen LogP contribution is -1.96. The number of thioether (sulfide) groups is 1. The molecule has 76 valence electrons. The predicted molar refractivity (Wildman–Crippen MR) is 59.2 cm³/mol. The fraction of sp³-hybridized carbons (Fsp3) is 0.143. The zero-order valence-corrected chi connectivity index (χ0v) is 9.70. The van der Waals surface area contributed by atoms with Gasteiger partial charge in [-0.25, -0.2) is 0 Å². The lowest BCUT2D eigenvalue weighted by Gasteiger charge is -2.09. The summed E-state index contributed by atoms with van der Waals surface area (Å²) in [5.41, 5.74) is -0.0659. The van der Waals surface area contributed by atoms with Crippen molar-refractivity contribution in [3.63, 3.8) is 0 Å². The number of hydrogen-bond donors (Lipinski definition) is 0. The van der Waals surface area contributed by atoms with Crippen molar-refractivity contribution in [2.75, 3.05) is 0 Å². The van der Waals surface area contributed by atoms with Crippen molar-refractivity contribution in [1.29, 1.82) is 0 Å². The molecule has 0 saturated heterocycles. The van der Waals surface area contributed by atoms with Crippen LogP contribution in [0.1, 0.15) is 0 Å². The first-order valence-corrected chi connectivity index (χ1v) is 5.34. The average molecular weight is 273 g/mol. The summed E-state index contributed by atoms with van der Waals surface area (Å²) in [6.45, 7) is 0. The van der Waals surface area contributed by atoms with E-state index < -0.39 is 8.05 Å². The second-order valence-electron chi connectivity index (χ2n) is 2.27. The Morgan fingerprint density at radius 1 is 1.29 bits per heavy atom. The molecule has 0 aromatic heterocycles. The number of alkyl halides is 3. The number of nitrogens with zero attached hydrogens (tertiary/aromatic N) is 1. The molecule has 0 aliphatic rings. The number of para-hydroxylation sites is 1. The predicted octanol–water partition coefficient (Wildman–Crippen LogP) is 4.01. The number of benzene rings is 1. The van der Waals surface area contributed by atoms with Gasteiger partial charge in [-0.05, 0) is 6.07 Å². The molecule has 1 aromatic rings. The third-order valence-electron chi connectivity index (χ3n) is 1.29. The largest absolute Gasteiger partial charge is 0.283 e. The zero-order chi connectivity index (χ0) is 10.8. The van der Waals surface area contributed by atoms with Crippen LogP contribution in [0.2, 0.25) is 0 Å². The Kier molecular flexibility index (Phi) is 3.89. The molecule has 0 aliphatic carbocycles. The van der Waals surface area contributed by atoms with Crippen molar-refractivity contribution in [3.05, 3.63) is 34.4 Å². The van der Waals surface area contributed by atoms with Crippen molar-refractivity contribution < 1.29 is 4.92 Å². The maximum atomic E-state index is 10.6. The minimum Gasteiger partial charge on any atom is -0.258 e. The molecule has 0 radical (unpaired) electrons. The number of rotatable bonds is 2. The number of halogens is 3. The van der Waals surface area contributed by atoms with Gasteiger partial charge in [0.15, 0.2) is 0 Å². The van der Waals surface area contributed by atoms with Crippen LogP contribution < -0.4 is 0 Å². The Morgan fingerprint density at radius 3 is 2.36 bits per heavy atom. The molecule has 0 heterocycles. The van der Waals surface area contributed by atoms with Gasteiger partial charge in [0.05, 0.1) is 9.82 Å². The molecule has 0 N–H and O–H groups in total. The Hall–Kier alpha value is -0.160. The number of nitro benzene ring substituents is 1. The van der Waals surface area contributed by atoms with Gasteiger partial charge in [-0.3, -0.25) is 10.1 Å². The van der Waals surface area contributed by atoms with Crippen LogP contribution in [0.5, 0.6) is 0 Å². The van der Waals surface area contributed by atoms with Gasteiger partial charge in [-0.2, -0.15) is 0 Å². The van der Waals surface area contributed by atoms with E-state index in [-0.39, 0.29) is 5.69 Å². The van der Waals surface area contributed by atoms with Gasteiger partial charge in [0, 0.05) is 6.07 Å². The molecule has 0 aliphatic heterocycles. The summed E-state index contributed by atoms with van der Waals surface area (Å²) >= 11 is 17.4. The molecule has 3 nitrogen and oxygen atoms in total. The first-order valence-electron chi connectivity index (χ1n) is 3.39. The van der Waals surface area contributed by atoms with Gasteiger partial charge in [0.2, 0.25) is 3.12 Å². The summed E-state index contributed by atoms with van der Waals surface area (Å²) in [4.78, 5) is 10.4. The molecule has 0 fully saturated rings. The highest BCUT2D eigenvalue weighted by atomic mass is 35.6. The summed E-state index contributed by atoms with van der Waals surface area (Å²) < 4.78 is -1.59. The van der Waals surface area contributed by atoms with Crippen LogP contribution in [0.3, 0.4) is 0 Å². The van der Waals surface area contributed by atoms with Crippen LogP contribution in [0.25, 0.3) is 0 Å². The summed E-state index contributed by atoms with van der Waals surface area (Å²) in [5, 5.41) is 10.6. The molecular formula is C7H4Cl3NO2S. The first-order chi connectivity index (χ1) is 6.40. The molecule has 0 spiro atoms. The third-order valence-corrected chi connectivity index (χ3v) is 2.78. The van der Waals surface area contributed by atoms with Crippen molar-refractivity contribution in [2.24, 2.45) is 0 Å². The van der Waals surface area contributed by atoms with Crippen molar-refractivity contribution in [2.45, 2.75) is 8.02 Å². The average Bonchev–Trinajstić information content (AvgIpc) is 2.01. The lowest BCUT2D eigenvalue weighted by molar-refractivity contribution is -0.387. The first kappa shape index (κ1) is 11.9. The number of nitro groups is 1. The standard InChI is InChI=1S/C7H4Cl3NO2S/c8-7(9,10)14-6-4-2-1-3-5(6)11(12)13/h1-4H. The molecule has 0 atom stereocenters. The van der Waals surface area contributed by atoms with E-state index in [1.54, 1.807) is 12.1 Å². The van der Waals surface area contributed by atoms with Crippen LogP contribution in [-0.2, 0) is 0 Å². The maximum Gasteiger partial charge on any atom is 0.283 e. The van der Waals surface area contributed by atoms with Crippen molar-refractivity contribution in [1.82, 2.24) is 0 Å². The fourth-order valence-corrected chi connectivity index (χ4v) is 2.21. The second-order valence-corrected chi connectivity index (χ2v) is 6.48. The molecular weight excluding hydrogens is 269 g/mol. The minimum absolute atomic E-state index is 0.0659. The monoisotopic (exact) mass is 271 g/mol. The highest BCUT2D eigenvalue weighted by Crippen LogP contribution is 2.46. The Bertz CT molecular complexity index is 353. The van der Waals surface area contributed by atoms with Crippen LogP contribution in [0.15, 0.2) is 29.2 Å². The minimum atomic E-state index is -1.59. The van der Waals surface area contributed by atoms with Crippen molar-refractivity contribution in [3.8, 4) is 0 Å². The van der Waals surface area contributed by atoms with E-state index in [0.717, 1.165) is 11.8 Å². The lowest BCUT2D eigenvalue weighted by atomic mass is 10.3. The van der Waals surface area contributed by atoms with Crippen LogP contribution >= 0.6 is 46.6 Å². The quantitative estimate of drug-likeness (QED) is 0.353. The highest BCUT2D eigenvalue weighted by molar-refractivity contribution is 8.04. The van der Waals surface area contributed by atoms with Gasteiger partial charge < -0.3 is 0 Å². The summed E-state index contributed by atoms with van der Waals surface area (Å²) in [7, 11) is 0. The van der Waals surface area contributed by atoms with E-state index >= 15 is 0 Å². The van der Waals surface area contributed by atoms with Gasteiger partial charge in [-0.15, -0.1) is 0 Å². The van der Waals surface area contributed by atoms with Gasteiger partial charge >= 0.3 is 0 Å². The maximum absolute atomic E-state index is 10.6. The molecule has 0 saturated carbocycles. The number of hydrogen-bond acceptors (Lipinski definition) is 3. The highest BCUT2D eigenvalue weighted by Gasteiger charge is 2.25. The van der Waals surface area contributed by atoms with E-state index in [9.17, 15) is 10.1 Å². The third kappa shape index (κ3) is 3.53. The smallest absolute Gasteiger partial charge is 0.258 e. The van der Waals surface area contributed by atoms with E-state index in [0.29, 0.717) is 4.90 Å². The van der Waals surface area contributed by atoms with E-state index in [4.69, 9.17) is 34.8 Å². The van der Waals surface area contributed by atoms with Crippen LogP contribution in [0, 0.1) is 10.1 Å². The molecule has 1 rings (SSSR count). The topological polar surface area (TPSA) is 43.1 Å². The van der Waals surface area contributed by atoms with E-state index in [1.807, 2.05) is 0 Å². The normalized spacial score (nSPS) is 11.4. The fourth-order valence-electron chi connectivity index (χ4n) is 0.819. The molecule has 14 heavy (non-hydrogen) atoms. The Morgan fingerprint density at radius 2 is 1.86 bits per heavy atom. The molecule has 0 unspecified atom stereocenters. The van der Waals surface area contributed by atoms with Crippen molar-refractivity contribution >= 4 is 52.3 Å². The SMILES string of the molecule is O=[N+]([O-])c1ccccc1SC(Cl)(Cl)Cl.